The first-order valence-electron chi connectivity index (χ1n) is 6.61. The predicted octanol–water partition coefficient (Wildman–Crippen LogP) is 2.18. The van der Waals surface area contributed by atoms with E-state index in [1.165, 1.54) is 19.1 Å². The molecule has 0 aliphatic heterocycles. The van der Waals surface area contributed by atoms with Crippen molar-refractivity contribution in [3.05, 3.63) is 24.2 Å². The van der Waals surface area contributed by atoms with Gasteiger partial charge in [0.2, 0.25) is 5.91 Å². The monoisotopic (exact) mass is 251 g/mol. The Morgan fingerprint density at radius 3 is 2.89 bits per heavy atom. The Hall–Kier alpha value is -1.29. The molecule has 4 heteroatoms. The van der Waals surface area contributed by atoms with Gasteiger partial charge >= 0.3 is 0 Å². The molecule has 1 amide bonds. The summed E-state index contributed by atoms with van der Waals surface area (Å²) in [5, 5.41) is 13.0. The van der Waals surface area contributed by atoms with Crippen molar-refractivity contribution in [2.75, 3.05) is 6.54 Å². The van der Waals surface area contributed by atoms with Crippen LogP contribution in [0.2, 0.25) is 0 Å². The van der Waals surface area contributed by atoms with Crippen molar-refractivity contribution >= 4 is 5.91 Å². The molecule has 1 saturated carbocycles. The quantitative estimate of drug-likeness (QED) is 0.843. The van der Waals surface area contributed by atoms with Crippen molar-refractivity contribution in [3.8, 4) is 0 Å². The maximum atomic E-state index is 11.8. The molecule has 0 aromatic carbocycles. The van der Waals surface area contributed by atoms with Crippen LogP contribution in [0.5, 0.6) is 0 Å². The Kier molecular flexibility index (Phi) is 4.07. The third-order valence-corrected chi connectivity index (χ3v) is 3.63. The van der Waals surface area contributed by atoms with Gasteiger partial charge in [-0.2, -0.15) is 0 Å². The molecule has 0 saturated heterocycles. The lowest BCUT2D eigenvalue weighted by Gasteiger charge is -2.21. The van der Waals surface area contributed by atoms with E-state index in [-0.39, 0.29) is 12.5 Å². The average molecular weight is 251 g/mol. The maximum Gasteiger partial charge on any atom is 0.220 e. The zero-order chi connectivity index (χ0) is 13.0. The summed E-state index contributed by atoms with van der Waals surface area (Å²) in [6.45, 7) is 1.83. The van der Waals surface area contributed by atoms with E-state index in [0.29, 0.717) is 18.1 Å². The molecular formula is C14H21NO3. The predicted molar refractivity (Wildman–Crippen MR) is 67.9 cm³/mol. The van der Waals surface area contributed by atoms with E-state index in [1.807, 2.05) is 0 Å². The van der Waals surface area contributed by atoms with Gasteiger partial charge in [-0.05, 0) is 37.8 Å². The van der Waals surface area contributed by atoms with Crippen molar-refractivity contribution in [3.63, 3.8) is 0 Å². The second-order valence-corrected chi connectivity index (χ2v) is 5.38. The van der Waals surface area contributed by atoms with E-state index in [2.05, 4.69) is 5.32 Å². The Balaban J connectivity index is 1.78. The number of amides is 1. The molecular weight excluding hydrogens is 230 g/mol. The summed E-state index contributed by atoms with van der Waals surface area (Å²) in [5.74, 6) is 1.02. The van der Waals surface area contributed by atoms with Gasteiger partial charge < -0.3 is 14.8 Å². The largest absolute Gasteiger partial charge is 0.466 e. The fourth-order valence-electron chi connectivity index (χ4n) is 2.49. The summed E-state index contributed by atoms with van der Waals surface area (Å²) in [6, 6.07) is 3.44. The third kappa shape index (κ3) is 3.35. The van der Waals surface area contributed by atoms with Gasteiger partial charge in [-0.15, -0.1) is 0 Å². The van der Waals surface area contributed by atoms with Crippen molar-refractivity contribution in [1.29, 1.82) is 0 Å². The standard InChI is InChI=1S/C14H21NO3/c1-14(17,12-7-4-8-18-12)10-15-13(16)9-11-5-2-3-6-11/h4,7-8,11,17H,2-3,5-6,9-10H2,1H3,(H,15,16). The smallest absolute Gasteiger partial charge is 0.220 e. The first-order valence-corrected chi connectivity index (χ1v) is 6.61. The Morgan fingerprint density at radius 2 is 2.28 bits per heavy atom. The average Bonchev–Trinajstić information content (AvgIpc) is 2.99. The number of rotatable bonds is 5. The lowest BCUT2D eigenvalue weighted by molar-refractivity contribution is -0.123. The highest BCUT2D eigenvalue weighted by Gasteiger charge is 2.27. The zero-order valence-electron chi connectivity index (χ0n) is 10.8. The van der Waals surface area contributed by atoms with E-state index < -0.39 is 5.60 Å². The fourth-order valence-corrected chi connectivity index (χ4v) is 2.49. The molecule has 1 heterocycles. The van der Waals surface area contributed by atoms with Gasteiger partial charge in [0.15, 0.2) is 0 Å². The zero-order valence-corrected chi connectivity index (χ0v) is 10.8. The molecule has 1 aliphatic rings. The van der Waals surface area contributed by atoms with Gasteiger partial charge in [-0.1, -0.05) is 12.8 Å². The van der Waals surface area contributed by atoms with Crippen LogP contribution in [0.4, 0.5) is 0 Å². The van der Waals surface area contributed by atoms with Crippen molar-refractivity contribution in [2.45, 2.75) is 44.6 Å². The Bertz CT molecular complexity index is 378. The minimum Gasteiger partial charge on any atom is -0.466 e. The minimum absolute atomic E-state index is 0.0220. The van der Waals surface area contributed by atoms with Gasteiger partial charge in [0.1, 0.15) is 11.4 Å². The van der Waals surface area contributed by atoms with E-state index in [0.717, 1.165) is 12.8 Å². The molecule has 1 fully saturated rings. The molecule has 18 heavy (non-hydrogen) atoms. The fraction of sp³-hybridized carbons (Fsp3) is 0.643. The lowest BCUT2D eigenvalue weighted by Crippen LogP contribution is -2.38. The van der Waals surface area contributed by atoms with Crippen LogP contribution < -0.4 is 5.32 Å². The number of furan rings is 1. The van der Waals surface area contributed by atoms with E-state index in [1.54, 1.807) is 19.1 Å². The van der Waals surface area contributed by atoms with Crippen LogP contribution in [0.15, 0.2) is 22.8 Å². The number of hydrogen-bond acceptors (Lipinski definition) is 3. The summed E-state index contributed by atoms with van der Waals surface area (Å²) in [6.07, 6.45) is 6.88. The van der Waals surface area contributed by atoms with Crippen LogP contribution in [-0.4, -0.2) is 17.6 Å². The maximum absolute atomic E-state index is 11.8. The number of carbonyl (C=O) groups excluding carboxylic acids is 1. The second kappa shape index (κ2) is 5.57. The lowest BCUT2D eigenvalue weighted by atomic mass is 10.0. The van der Waals surface area contributed by atoms with Crippen LogP contribution in [0.25, 0.3) is 0 Å². The van der Waals surface area contributed by atoms with Gasteiger partial charge in [0, 0.05) is 6.42 Å². The first kappa shape index (κ1) is 13.1. The van der Waals surface area contributed by atoms with E-state index in [9.17, 15) is 9.90 Å². The van der Waals surface area contributed by atoms with Crippen LogP contribution in [0.1, 0.15) is 44.8 Å². The van der Waals surface area contributed by atoms with Crippen LogP contribution in [-0.2, 0) is 10.4 Å². The van der Waals surface area contributed by atoms with Crippen molar-refractivity contribution < 1.29 is 14.3 Å². The van der Waals surface area contributed by atoms with Crippen LogP contribution in [0.3, 0.4) is 0 Å². The van der Waals surface area contributed by atoms with Crippen LogP contribution >= 0.6 is 0 Å². The van der Waals surface area contributed by atoms with Gasteiger partial charge in [-0.25, -0.2) is 0 Å². The molecule has 1 unspecified atom stereocenters. The minimum atomic E-state index is -1.14. The summed E-state index contributed by atoms with van der Waals surface area (Å²) in [5.41, 5.74) is -1.14. The molecule has 2 rings (SSSR count). The van der Waals surface area contributed by atoms with Crippen molar-refractivity contribution in [2.24, 2.45) is 5.92 Å². The van der Waals surface area contributed by atoms with E-state index >= 15 is 0 Å². The van der Waals surface area contributed by atoms with Gasteiger partial charge in [0.05, 0.1) is 12.8 Å². The summed E-state index contributed by atoms with van der Waals surface area (Å²) >= 11 is 0. The Morgan fingerprint density at radius 1 is 1.56 bits per heavy atom. The summed E-state index contributed by atoms with van der Waals surface area (Å²) in [4.78, 5) is 11.8. The SMILES string of the molecule is CC(O)(CNC(=O)CC1CCCC1)c1ccco1. The van der Waals surface area contributed by atoms with Crippen molar-refractivity contribution in [1.82, 2.24) is 5.32 Å². The summed E-state index contributed by atoms with van der Waals surface area (Å²) in [7, 11) is 0. The highest BCUT2D eigenvalue weighted by molar-refractivity contribution is 5.76. The number of nitrogens with one attached hydrogen (secondary N) is 1. The van der Waals surface area contributed by atoms with Gasteiger partial charge in [-0.3, -0.25) is 4.79 Å². The number of carbonyl (C=O) groups is 1. The molecule has 4 nitrogen and oxygen atoms in total. The molecule has 1 atom stereocenters. The molecule has 1 aliphatic carbocycles. The molecule has 0 bridgehead atoms. The molecule has 2 N–H and O–H groups in total. The number of hydrogen-bond donors (Lipinski definition) is 2. The Labute approximate surface area is 107 Å². The topological polar surface area (TPSA) is 62.5 Å². The second-order valence-electron chi connectivity index (χ2n) is 5.38. The normalized spacial score (nSPS) is 19.7. The molecule has 1 aromatic rings. The highest BCUT2D eigenvalue weighted by Crippen LogP contribution is 2.27. The van der Waals surface area contributed by atoms with Gasteiger partial charge in [0.25, 0.3) is 0 Å². The molecule has 0 radical (unpaired) electrons. The molecule has 1 aromatic heterocycles. The number of aliphatic hydroxyl groups is 1. The van der Waals surface area contributed by atoms with Crippen LogP contribution in [0, 0.1) is 5.92 Å². The first-order chi connectivity index (χ1) is 8.58. The molecule has 0 spiro atoms. The highest BCUT2D eigenvalue weighted by atomic mass is 16.4. The molecule has 100 valence electrons. The van der Waals surface area contributed by atoms with E-state index in [4.69, 9.17) is 4.42 Å². The third-order valence-electron chi connectivity index (χ3n) is 3.63. The summed E-state index contributed by atoms with van der Waals surface area (Å²) < 4.78 is 5.16.